The third-order valence-corrected chi connectivity index (χ3v) is 4.46. The fraction of sp³-hybridized carbons (Fsp3) is 0.286. The standard InChI is InChI=1S/C21H26N4O2.HI/c1-22-21(25-16-10-11-19(26-2)20(13-16)27-3)23-12-6-7-15-14-24-18-9-5-4-8-17(15)18;/h4-5,8-11,13-14,24H,6-7,12H2,1-3H3,(H2,22,23,25);1H. The Hall–Kier alpha value is -2.42. The number of hydrogen-bond acceptors (Lipinski definition) is 3. The number of aromatic amines is 1. The number of para-hydroxylation sites is 1. The van der Waals surface area contributed by atoms with Gasteiger partial charge in [-0.1, -0.05) is 18.2 Å². The van der Waals surface area contributed by atoms with E-state index in [1.807, 2.05) is 24.3 Å². The van der Waals surface area contributed by atoms with Gasteiger partial charge in [-0.05, 0) is 36.6 Å². The average Bonchev–Trinajstić information content (AvgIpc) is 3.13. The van der Waals surface area contributed by atoms with Crippen LogP contribution < -0.4 is 20.1 Å². The Morgan fingerprint density at radius 1 is 1.07 bits per heavy atom. The summed E-state index contributed by atoms with van der Waals surface area (Å²) in [5.74, 6) is 2.10. The van der Waals surface area contributed by atoms with Crippen molar-refractivity contribution in [2.75, 3.05) is 33.1 Å². The molecule has 1 aromatic heterocycles. The molecule has 7 heteroatoms. The van der Waals surface area contributed by atoms with Crippen molar-refractivity contribution < 1.29 is 9.47 Å². The van der Waals surface area contributed by atoms with Crippen molar-refractivity contribution in [3.63, 3.8) is 0 Å². The number of H-pyrrole nitrogens is 1. The first-order valence-electron chi connectivity index (χ1n) is 9.00. The normalized spacial score (nSPS) is 11.0. The van der Waals surface area contributed by atoms with E-state index in [0.29, 0.717) is 11.5 Å². The largest absolute Gasteiger partial charge is 0.493 e. The van der Waals surface area contributed by atoms with E-state index in [4.69, 9.17) is 9.47 Å². The van der Waals surface area contributed by atoms with Crippen molar-refractivity contribution in [2.45, 2.75) is 12.8 Å². The maximum Gasteiger partial charge on any atom is 0.195 e. The van der Waals surface area contributed by atoms with E-state index in [2.05, 4.69) is 45.0 Å². The number of ether oxygens (including phenoxy) is 2. The van der Waals surface area contributed by atoms with E-state index >= 15 is 0 Å². The van der Waals surface area contributed by atoms with Crippen molar-refractivity contribution in [3.05, 3.63) is 54.2 Å². The molecule has 1 heterocycles. The number of anilines is 1. The Morgan fingerprint density at radius 3 is 2.61 bits per heavy atom. The molecule has 3 aromatic rings. The smallest absolute Gasteiger partial charge is 0.195 e. The van der Waals surface area contributed by atoms with Crippen LogP contribution in [0.1, 0.15) is 12.0 Å². The van der Waals surface area contributed by atoms with Crippen molar-refractivity contribution in [2.24, 2.45) is 4.99 Å². The van der Waals surface area contributed by atoms with Gasteiger partial charge >= 0.3 is 0 Å². The third kappa shape index (κ3) is 5.31. The quantitative estimate of drug-likeness (QED) is 0.197. The highest BCUT2D eigenvalue weighted by atomic mass is 127. The molecule has 0 fully saturated rings. The molecule has 0 aliphatic rings. The minimum atomic E-state index is 0. The molecule has 0 saturated carbocycles. The molecule has 0 spiro atoms. The van der Waals surface area contributed by atoms with Crippen molar-refractivity contribution in [1.82, 2.24) is 10.3 Å². The number of nitrogens with one attached hydrogen (secondary N) is 3. The van der Waals surface area contributed by atoms with E-state index in [9.17, 15) is 0 Å². The summed E-state index contributed by atoms with van der Waals surface area (Å²) in [6.07, 6.45) is 4.11. The number of aromatic nitrogens is 1. The molecule has 0 aliphatic heterocycles. The molecule has 0 aliphatic carbocycles. The van der Waals surface area contributed by atoms with E-state index in [1.54, 1.807) is 21.3 Å². The maximum absolute atomic E-state index is 5.34. The van der Waals surface area contributed by atoms with Gasteiger partial charge in [0.1, 0.15) is 0 Å². The third-order valence-electron chi connectivity index (χ3n) is 4.46. The Morgan fingerprint density at radius 2 is 1.86 bits per heavy atom. The van der Waals surface area contributed by atoms with Gasteiger partial charge in [0.05, 0.1) is 14.2 Å². The fourth-order valence-electron chi connectivity index (χ4n) is 3.05. The van der Waals surface area contributed by atoms with Gasteiger partial charge in [-0.25, -0.2) is 0 Å². The van der Waals surface area contributed by atoms with Crippen molar-refractivity contribution >= 4 is 46.5 Å². The molecule has 0 bridgehead atoms. The summed E-state index contributed by atoms with van der Waals surface area (Å²) in [5, 5.41) is 7.92. The van der Waals surface area contributed by atoms with Crippen LogP contribution in [-0.4, -0.2) is 38.8 Å². The Labute approximate surface area is 182 Å². The molecule has 0 saturated heterocycles. The summed E-state index contributed by atoms with van der Waals surface area (Å²) in [6, 6.07) is 14.1. The second-order valence-corrected chi connectivity index (χ2v) is 6.16. The van der Waals surface area contributed by atoms with Crippen LogP contribution in [0.4, 0.5) is 5.69 Å². The summed E-state index contributed by atoms with van der Waals surface area (Å²) in [4.78, 5) is 7.61. The molecule has 0 radical (unpaired) electrons. The first-order valence-corrected chi connectivity index (χ1v) is 9.00. The average molecular weight is 494 g/mol. The van der Waals surface area contributed by atoms with Crippen LogP contribution in [0.25, 0.3) is 10.9 Å². The molecular weight excluding hydrogens is 467 g/mol. The predicted octanol–water partition coefficient (Wildman–Crippen LogP) is 4.42. The van der Waals surface area contributed by atoms with Gasteiger partial charge < -0.3 is 25.1 Å². The summed E-state index contributed by atoms with van der Waals surface area (Å²) >= 11 is 0. The highest BCUT2D eigenvalue weighted by Crippen LogP contribution is 2.29. The van der Waals surface area contributed by atoms with Gasteiger partial charge in [-0.15, -0.1) is 24.0 Å². The zero-order valence-corrected chi connectivity index (χ0v) is 18.7. The summed E-state index contributed by atoms with van der Waals surface area (Å²) in [6.45, 7) is 0.826. The number of nitrogens with zero attached hydrogens (tertiary/aromatic N) is 1. The molecule has 28 heavy (non-hydrogen) atoms. The van der Waals surface area contributed by atoms with Crippen LogP contribution in [0, 0.1) is 0 Å². The summed E-state index contributed by atoms with van der Waals surface area (Å²) in [7, 11) is 5.01. The molecule has 6 nitrogen and oxygen atoms in total. The molecule has 0 amide bonds. The van der Waals surface area contributed by atoms with Crippen LogP contribution in [-0.2, 0) is 6.42 Å². The highest BCUT2D eigenvalue weighted by molar-refractivity contribution is 14.0. The number of hydrogen-bond donors (Lipinski definition) is 3. The topological polar surface area (TPSA) is 70.7 Å². The summed E-state index contributed by atoms with van der Waals surface area (Å²) in [5.41, 5.74) is 3.42. The van der Waals surface area contributed by atoms with Gasteiger partial charge in [0.25, 0.3) is 0 Å². The van der Waals surface area contributed by atoms with E-state index in [1.165, 1.54) is 16.5 Å². The van der Waals surface area contributed by atoms with E-state index in [-0.39, 0.29) is 24.0 Å². The number of aryl methyl sites for hydroxylation is 1. The summed E-state index contributed by atoms with van der Waals surface area (Å²) < 4.78 is 10.6. The number of halogens is 1. The van der Waals surface area contributed by atoms with Crippen LogP contribution in [0.15, 0.2) is 53.7 Å². The van der Waals surface area contributed by atoms with E-state index < -0.39 is 0 Å². The number of guanidine groups is 1. The zero-order chi connectivity index (χ0) is 19.1. The molecule has 2 aromatic carbocycles. The van der Waals surface area contributed by atoms with Crippen molar-refractivity contribution in [1.29, 1.82) is 0 Å². The van der Waals surface area contributed by atoms with Crippen LogP contribution >= 0.6 is 24.0 Å². The van der Waals surface area contributed by atoms with Gasteiger partial charge in [0.2, 0.25) is 0 Å². The molecule has 150 valence electrons. The monoisotopic (exact) mass is 494 g/mol. The van der Waals surface area contributed by atoms with Crippen LogP contribution in [0.2, 0.25) is 0 Å². The first-order chi connectivity index (χ1) is 13.2. The van der Waals surface area contributed by atoms with E-state index in [0.717, 1.165) is 31.0 Å². The van der Waals surface area contributed by atoms with Crippen molar-refractivity contribution in [3.8, 4) is 11.5 Å². The number of methoxy groups -OCH3 is 2. The molecule has 0 atom stereocenters. The SMILES string of the molecule is CN=C(NCCCc1c[nH]c2ccccc12)Nc1ccc(OC)c(OC)c1.I. The fourth-order valence-corrected chi connectivity index (χ4v) is 3.05. The molecule has 0 unspecified atom stereocenters. The number of rotatable bonds is 7. The lowest BCUT2D eigenvalue weighted by molar-refractivity contribution is 0.355. The number of aliphatic imine (C=N–C) groups is 1. The lowest BCUT2D eigenvalue weighted by Crippen LogP contribution is -2.31. The number of benzene rings is 2. The molecular formula is C21H27IN4O2. The van der Waals surface area contributed by atoms with Gasteiger partial charge in [-0.2, -0.15) is 0 Å². The number of fused-ring (bicyclic) bond motifs is 1. The van der Waals surface area contributed by atoms with Gasteiger partial charge in [0.15, 0.2) is 17.5 Å². The van der Waals surface area contributed by atoms with Gasteiger partial charge in [-0.3, -0.25) is 4.99 Å². The Kier molecular flexibility index (Phi) is 8.43. The first kappa shape index (κ1) is 21.9. The minimum Gasteiger partial charge on any atom is -0.493 e. The minimum absolute atomic E-state index is 0. The predicted molar refractivity (Wildman–Crippen MR) is 127 cm³/mol. The molecule has 3 N–H and O–H groups in total. The Balaban J connectivity index is 0.00000280. The lowest BCUT2D eigenvalue weighted by atomic mass is 10.1. The van der Waals surface area contributed by atoms with Crippen LogP contribution in [0.5, 0.6) is 11.5 Å². The zero-order valence-electron chi connectivity index (χ0n) is 16.4. The lowest BCUT2D eigenvalue weighted by Gasteiger charge is -2.14. The second kappa shape index (κ2) is 10.8. The Bertz CT molecular complexity index is 924. The highest BCUT2D eigenvalue weighted by Gasteiger charge is 2.07. The molecule has 3 rings (SSSR count). The maximum atomic E-state index is 5.34. The van der Waals surface area contributed by atoms with Gasteiger partial charge in [0, 0.05) is 42.4 Å². The second-order valence-electron chi connectivity index (χ2n) is 6.16. The van der Waals surface area contributed by atoms with Crippen LogP contribution in [0.3, 0.4) is 0 Å².